The number of carbonyl (C=O) groups is 1. The van der Waals surface area contributed by atoms with Crippen LogP contribution in [0.2, 0.25) is 0 Å². The SMILES string of the molecule is CC(Cl)c1nc2ccc(Br)cc2n1C(C(N)=O)C(C)C. The number of hydrogen-bond acceptors (Lipinski definition) is 2. The first-order chi connectivity index (χ1) is 9.32. The second kappa shape index (κ2) is 5.74. The van der Waals surface area contributed by atoms with E-state index in [1.165, 1.54) is 0 Å². The van der Waals surface area contributed by atoms with Crippen LogP contribution in [-0.2, 0) is 4.79 Å². The van der Waals surface area contributed by atoms with Crippen molar-refractivity contribution in [2.45, 2.75) is 32.2 Å². The summed E-state index contributed by atoms with van der Waals surface area (Å²) in [6.45, 7) is 5.76. The summed E-state index contributed by atoms with van der Waals surface area (Å²) in [6.07, 6.45) is 0. The zero-order valence-corrected chi connectivity index (χ0v) is 13.9. The first kappa shape index (κ1) is 15.3. The molecule has 1 aromatic heterocycles. The maximum Gasteiger partial charge on any atom is 0.240 e. The molecule has 0 aliphatic rings. The molecule has 20 heavy (non-hydrogen) atoms. The van der Waals surface area contributed by atoms with Gasteiger partial charge in [-0.05, 0) is 31.0 Å². The average molecular weight is 359 g/mol. The van der Waals surface area contributed by atoms with Crippen LogP contribution in [0, 0.1) is 5.92 Å². The number of benzene rings is 1. The Morgan fingerprint density at radius 1 is 1.40 bits per heavy atom. The highest BCUT2D eigenvalue weighted by Gasteiger charge is 2.28. The smallest absolute Gasteiger partial charge is 0.240 e. The van der Waals surface area contributed by atoms with Gasteiger partial charge >= 0.3 is 0 Å². The molecule has 1 aromatic carbocycles. The predicted octanol–water partition coefficient (Wildman–Crippen LogP) is 3.78. The summed E-state index contributed by atoms with van der Waals surface area (Å²) in [5, 5.41) is -0.304. The van der Waals surface area contributed by atoms with Crippen molar-refractivity contribution in [2.24, 2.45) is 11.7 Å². The Morgan fingerprint density at radius 3 is 2.55 bits per heavy atom. The van der Waals surface area contributed by atoms with Crippen molar-refractivity contribution in [2.75, 3.05) is 0 Å². The fourth-order valence-corrected chi connectivity index (χ4v) is 2.91. The second-order valence-electron chi connectivity index (χ2n) is 5.18. The van der Waals surface area contributed by atoms with E-state index in [4.69, 9.17) is 17.3 Å². The van der Waals surface area contributed by atoms with Gasteiger partial charge in [-0.2, -0.15) is 0 Å². The monoisotopic (exact) mass is 357 g/mol. The van der Waals surface area contributed by atoms with Crippen LogP contribution in [-0.4, -0.2) is 15.5 Å². The number of alkyl halides is 1. The average Bonchev–Trinajstić information content (AvgIpc) is 2.67. The molecule has 6 heteroatoms. The molecule has 2 rings (SSSR count). The minimum atomic E-state index is -0.467. The number of primary amides is 1. The van der Waals surface area contributed by atoms with E-state index in [9.17, 15) is 4.79 Å². The van der Waals surface area contributed by atoms with Crippen LogP contribution < -0.4 is 5.73 Å². The van der Waals surface area contributed by atoms with Crippen LogP contribution in [0.4, 0.5) is 0 Å². The van der Waals surface area contributed by atoms with Crippen molar-refractivity contribution in [1.82, 2.24) is 9.55 Å². The van der Waals surface area contributed by atoms with E-state index < -0.39 is 6.04 Å². The summed E-state index contributed by atoms with van der Waals surface area (Å²) < 4.78 is 2.79. The summed E-state index contributed by atoms with van der Waals surface area (Å²) in [5.41, 5.74) is 7.25. The normalized spacial score (nSPS) is 14.7. The molecule has 0 radical (unpaired) electrons. The first-order valence-electron chi connectivity index (χ1n) is 6.43. The summed E-state index contributed by atoms with van der Waals surface area (Å²) in [7, 11) is 0. The highest BCUT2D eigenvalue weighted by atomic mass is 79.9. The van der Waals surface area contributed by atoms with Crippen LogP contribution in [0.15, 0.2) is 22.7 Å². The van der Waals surface area contributed by atoms with Gasteiger partial charge in [-0.15, -0.1) is 11.6 Å². The summed E-state index contributed by atoms with van der Waals surface area (Å²) in [6, 6.07) is 5.28. The lowest BCUT2D eigenvalue weighted by Gasteiger charge is -2.23. The Kier molecular flexibility index (Phi) is 4.39. The van der Waals surface area contributed by atoms with Gasteiger partial charge in [0.15, 0.2) is 0 Å². The quantitative estimate of drug-likeness (QED) is 0.845. The Morgan fingerprint density at radius 2 is 2.05 bits per heavy atom. The molecule has 2 N–H and O–H groups in total. The molecule has 2 aromatic rings. The van der Waals surface area contributed by atoms with Crippen LogP contribution in [0.5, 0.6) is 0 Å². The van der Waals surface area contributed by atoms with Gasteiger partial charge in [-0.1, -0.05) is 29.8 Å². The first-order valence-corrected chi connectivity index (χ1v) is 7.66. The van der Waals surface area contributed by atoms with Gasteiger partial charge < -0.3 is 10.3 Å². The molecule has 2 atom stereocenters. The van der Waals surface area contributed by atoms with Crippen LogP contribution >= 0.6 is 27.5 Å². The molecule has 2 unspecified atom stereocenters. The number of nitrogens with two attached hydrogens (primary N) is 1. The lowest BCUT2D eigenvalue weighted by Crippen LogP contribution is -2.31. The number of hydrogen-bond donors (Lipinski definition) is 1. The maximum atomic E-state index is 11.9. The molecule has 0 aliphatic heterocycles. The Balaban J connectivity index is 2.79. The fraction of sp³-hybridized carbons (Fsp3) is 0.429. The maximum absolute atomic E-state index is 11.9. The molecule has 108 valence electrons. The van der Waals surface area contributed by atoms with E-state index in [1.807, 2.05) is 43.5 Å². The van der Waals surface area contributed by atoms with E-state index in [0.29, 0.717) is 5.82 Å². The van der Waals surface area contributed by atoms with Gasteiger partial charge in [0.05, 0.1) is 16.4 Å². The predicted molar refractivity (Wildman–Crippen MR) is 84.8 cm³/mol. The number of fused-ring (bicyclic) bond motifs is 1. The molecule has 0 bridgehead atoms. The third-order valence-electron chi connectivity index (χ3n) is 3.24. The number of imidazole rings is 1. The Hall–Kier alpha value is -1.07. The Bertz CT molecular complexity index is 651. The van der Waals surface area contributed by atoms with Crippen LogP contribution in [0.1, 0.15) is 38.0 Å². The minimum Gasteiger partial charge on any atom is -0.368 e. The van der Waals surface area contributed by atoms with Crippen molar-refractivity contribution >= 4 is 44.5 Å². The Labute approximate surface area is 131 Å². The van der Waals surface area contributed by atoms with Gasteiger partial charge in [0.25, 0.3) is 0 Å². The van der Waals surface area contributed by atoms with Gasteiger partial charge in [0.1, 0.15) is 11.9 Å². The third kappa shape index (κ3) is 2.69. The van der Waals surface area contributed by atoms with E-state index in [1.54, 1.807) is 0 Å². The molecule has 1 amide bonds. The van der Waals surface area contributed by atoms with Gasteiger partial charge in [0, 0.05) is 4.47 Å². The van der Waals surface area contributed by atoms with Crippen molar-refractivity contribution < 1.29 is 4.79 Å². The summed E-state index contributed by atoms with van der Waals surface area (Å²) in [5.74, 6) is 0.341. The number of carbonyl (C=O) groups excluding carboxylic acids is 1. The van der Waals surface area contributed by atoms with Crippen molar-refractivity contribution in [3.8, 4) is 0 Å². The minimum absolute atomic E-state index is 0.0537. The molecular weight excluding hydrogens is 342 g/mol. The second-order valence-corrected chi connectivity index (χ2v) is 6.75. The molecule has 0 fully saturated rings. The van der Waals surface area contributed by atoms with Gasteiger partial charge in [-0.3, -0.25) is 4.79 Å². The lowest BCUT2D eigenvalue weighted by atomic mass is 10.0. The molecule has 0 aliphatic carbocycles. The number of halogens is 2. The topological polar surface area (TPSA) is 60.9 Å². The number of aromatic nitrogens is 2. The zero-order chi connectivity index (χ0) is 15.0. The molecule has 0 saturated carbocycles. The number of amides is 1. The van der Waals surface area contributed by atoms with E-state index in [2.05, 4.69) is 20.9 Å². The zero-order valence-electron chi connectivity index (χ0n) is 11.6. The highest BCUT2D eigenvalue weighted by molar-refractivity contribution is 9.10. The largest absolute Gasteiger partial charge is 0.368 e. The highest BCUT2D eigenvalue weighted by Crippen LogP contribution is 2.32. The van der Waals surface area contributed by atoms with Crippen LogP contribution in [0.3, 0.4) is 0 Å². The van der Waals surface area contributed by atoms with Crippen molar-refractivity contribution in [1.29, 1.82) is 0 Å². The van der Waals surface area contributed by atoms with Crippen LogP contribution in [0.25, 0.3) is 11.0 Å². The third-order valence-corrected chi connectivity index (χ3v) is 3.92. The number of nitrogens with zero attached hydrogens (tertiary/aromatic N) is 2. The van der Waals surface area contributed by atoms with Crippen molar-refractivity contribution in [3.05, 3.63) is 28.5 Å². The standard InChI is InChI=1S/C14H17BrClN3O/c1-7(2)12(13(17)20)19-11-6-9(15)4-5-10(11)18-14(19)8(3)16/h4-8,12H,1-3H3,(H2,17,20). The molecule has 0 saturated heterocycles. The molecule has 4 nitrogen and oxygen atoms in total. The fourth-order valence-electron chi connectivity index (χ4n) is 2.41. The molecule has 0 spiro atoms. The molecule has 1 heterocycles. The molecular formula is C14H17BrClN3O. The number of rotatable bonds is 4. The van der Waals surface area contributed by atoms with E-state index >= 15 is 0 Å². The van der Waals surface area contributed by atoms with Crippen molar-refractivity contribution in [3.63, 3.8) is 0 Å². The summed E-state index contributed by atoms with van der Waals surface area (Å²) in [4.78, 5) is 16.4. The van der Waals surface area contributed by atoms with Gasteiger partial charge in [-0.25, -0.2) is 4.98 Å². The van der Waals surface area contributed by atoms with Gasteiger partial charge in [0.2, 0.25) is 5.91 Å². The van der Waals surface area contributed by atoms with E-state index in [-0.39, 0.29) is 17.2 Å². The van der Waals surface area contributed by atoms with E-state index in [0.717, 1.165) is 15.5 Å². The summed E-state index contributed by atoms with van der Waals surface area (Å²) >= 11 is 9.67. The lowest BCUT2D eigenvalue weighted by molar-refractivity contribution is -0.122.